The molecule has 0 aromatic heterocycles. The maximum Gasteiger partial charge on any atom is 0.245 e. The van der Waals surface area contributed by atoms with Gasteiger partial charge in [0.25, 0.3) is 0 Å². The summed E-state index contributed by atoms with van der Waals surface area (Å²) >= 11 is 0. The second-order valence-electron chi connectivity index (χ2n) is 4.16. The Kier molecular flexibility index (Phi) is 4.46. The summed E-state index contributed by atoms with van der Waals surface area (Å²) in [7, 11) is -0.937. The van der Waals surface area contributed by atoms with Crippen molar-refractivity contribution in [2.24, 2.45) is 0 Å². The van der Waals surface area contributed by atoms with Gasteiger partial charge in [-0.3, -0.25) is 13.8 Å². The largest absolute Gasteiger partial charge is 0.345 e. The lowest BCUT2D eigenvalue weighted by atomic mass is 10.2. The Hall–Kier alpha value is -0.910. The second-order valence-corrected chi connectivity index (χ2v) is 5.64. The smallest absolute Gasteiger partial charge is 0.245 e. The molecule has 1 aliphatic rings. The van der Waals surface area contributed by atoms with Crippen LogP contribution in [-0.2, 0) is 20.4 Å². The van der Waals surface area contributed by atoms with Gasteiger partial charge in [0.05, 0.1) is 0 Å². The summed E-state index contributed by atoms with van der Waals surface area (Å²) < 4.78 is 11.1. The van der Waals surface area contributed by atoms with E-state index in [0.29, 0.717) is 18.7 Å². The molecule has 0 aromatic rings. The topological polar surface area (TPSA) is 66.5 Å². The predicted molar refractivity (Wildman–Crippen MR) is 62.3 cm³/mol. The second kappa shape index (κ2) is 5.43. The molecule has 1 heterocycles. The zero-order valence-electron chi connectivity index (χ0n) is 9.86. The fraction of sp³-hybridized carbons (Fsp3) is 0.800. The minimum atomic E-state index is -0.937. The van der Waals surface area contributed by atoms with E-state index in [1.165, 1.54) is 0 Å². The van der Waals surface area contributed by atoms with Crippen molar-refractivity contribution >= 4 is 22.6 Å². The molecule has 1 rings (SSSR count). The number of amides is 2. The Morgan fingerprint density at radius 2 is 2.19 bits per heavy atom. The van der Waals surface area contributed by atoms with Gasteiger partial charge in [-0.2, -0.15) is 0 Å². The van der Waals surface area contributed by atoms with Crippen LogP contribution in [0.3, 0.4) is 0 Å². The molecule has 0 aliphatic carbocycles. The van der Waals surface area contributed by atoms with Crippen LogP contribution in [-0.4, -0.2) is 51.6 Å². The highest BCUT2D eigenvalue weighted by molar-refractivity contribution is 7.84. The van der Waals surface area contributed by atoms with Gasteiger partial charge in [-0.05, 0) is 13.8 Å². The highest BCUT2D eigenvalue weighted by Gasteiger charge is 2.29. The molecule has 1 N–H and O–H groups in total. The Morgan fingerprint density at radius 1 is 1.56 bits per heavy atom. The van der Waals surface area contributed by atoms with Gasteiger partial charge in [0, 0.05) is 41.8 Å². The fourth-order valence-electron chi connectivity index (χ4n) is 1.82. The normalized spacial score (nSPS) is 25.9. The minimum absolute atomic E-state index is 0.0894. The summed E-state index contributed by atoms with van der Waals surface area (Å²) in [5.74, 6) is 0.254. The highest BCUT2D eigenvalue weighted by Crippen LogP contribution is 2.08. The van der Waals surface area contributed by atoms with Crippen molar-refractivity contribution in [3.63, 3.8) is 0 Å². The zero-order valence-corrected chi connectivity index (χ0v) is 10.7. The first-order valence-corrected chi connectivity index (χ1v) is 7.04. The van der Waals surface area contributed by atoms with Crippen LogP contribution in [0.15, 0.2) is 0 Å². The predicted octanol–water partition coefficient (Wildman–Crippen LogP) is -0.510. The maximum atomic E-state index is 11.9. The molecule has 2 amide bonds. The van der Waals surface area contributed by atoms with Crippen molar-refractivity contribution in [3.05, 3.63) is 0 Å². The quantitative estimate of drug-likeness (QED) is 0.729. The molecular formula is C10H18N2O3S. The van der Waals surface area contributed by atoms with Gasteiger partial charge in [0.2, 0.25) is 11.8 Å². The van der Waals surface area contributed by atoms with Crippen LogP contribution in [0.1, 0.15) is 20.3 Å². The lowest BCUT2D eigenvalue weighted by molar-refractivity contribution is -0.134. The minimum Gasteiger partial charge on any atom is -0.345 e. The third kappa shape index (κ3) is 3.30. The molecule has 0 saturated carbocycles. The number of hydrogen-bond donors (Lipinski definition) is 1. The molecule has 1 fully saturated rings. The summed E-state index contributed by atoms with van der Waals surface area (Å²) in [6.45, 7) is 3.95. The lowest BCUT2D eigenvalue weighted by Gasteiger charge is -2.28. The Morgan fingerprint density at radius 3 is 2.75 bits per heavy atom. The summed E-state index contributed by atoms with van der Waals surface area (Å²) in [5, 5.41) is 2.62. The molecule has 1 aliphatic heterocycles. The van der Waals surface area contributed by atoms with E-state index in [-0.39, 0.29) is 17.9 Å². The molecule has 0 spiro atoms. The van der Waals surface area contributed by atoms with Crippen LogP contribution in [0, 0.1) is 0 Å². The fourth-order valence-corrected chi connectivity index (χ4v) is 2.68. The first-order valence-electron chi connectivity index (χ1n) is 5.31. The summed E-state index contributed by atoms with van der Waals surface area (Å²) in [5.41, 5.74) is 0. The van der Waals surface area contributed by atoms with E-state index in [1.807, 2.05) is 6.92 Å². The third-order valence-corrected chi connectivity index (χ3v) is 3.57. The van der Waals surface area contributed by atoms with Crippen molar-refractivity contribution in [2.75, 3.05) is 18.6 Å². The Labute approximate surface area is 98.0 Å². The number of rotatable bonds is 3. The molecule has 92 valence electrons. The van der Waals surface area contributed by atoms with E-state index >= 15 is 0 Å². The van der Waals surface area contributed by atoms with E-state index in [4.69, 9.17) is 0 Å². The van der Waals surface area contributed by atoms with Gasteiger partial charge in [0.15, 0.2) is 0 Å². The number of nitrogens with zero attached hydrogens (tertiary/aromatic N) is 1. The SMILES string of the molecule is CC1NC(=O)CCN(C(C)CS(C)=O)C1=O. The summed E-state index contributed by atoms with van der Waals surface area (Å²) in [6.07, 6.45) is 1.93. The molecule has 5 nitrogen and oxygen atoms in total. The van der Waals surface area contributed by atoms with Crippen molar-refractivity contribution in [2.45, 2.75) is 32.4 Å². The van der Waals surface area contributed by atoms with Crippen LogP contribution in [0.25, 0.3) is 0 Å². The van der Waals surface area contributed by atoms with Crippen LogP contribution >= 0.6 is 0 Å². The maximum absolute atomic E-state index is 11.9. The molecule has 0 radical (unpaired) electrons. The van der Waals surface area contributed by atoms with Crippen molar-refractivity contribution < 1.29 is 13.8 Å². The summed E-state index contributed by atoms with van der Waals surface area (Å²) in [4.78, 5) is 24.8. The zero-order chi connectivity index (χ0) is 12.3. The summed E-state index contributed by atoms with van der Waals surface area (Å²) in [6, 6.07) is -0.573. The van der Waals surface area contributed by atoms with E-state index in [9.17, 15) is 13.8 Å². The molecule has 3 atom stereocenters. The van der Waals surface area contributed by atoms with Crippen LogP contribution in [0.4, 0.5) is 0 Å². The average Bonchev–Trinajstić information content (AvgIpc) is 2.26. The molecule has 1 saturated heterocycles. The number of carbonyl (C=O) groups excluding carboxylic acids is 2. The Bertz CT molecular complexity index is 319. The number of carbonyl (C=O) groups is 2. The van der Waals surface area contributed by atoms with E-state index in [2.05, 4.69) is 5.32 Å². The van der Waals surface area contributed by atoms with E-state index in [1.54, 1.807) is 18.1 Å². The molecule has 16 heavy (non-hydrogen) atoms. The van der Waals surface area contributed by atoms with Crippen molar-refractivity contribution in [1.29, 1.82) is 0 Å². The monoisotopic (exact) mass is 246 g/mol. The Balaban J connectivity index is 2.73. The van der Waals surface area contributed by atoms with E-state index in [0.717, 1.165) is 0 Å². The van der Waals surface area contributed by atoms with Crippen LogP contribution in [0.5, 0.6) is 0 Å². The first kappa shape index (κ1) is 13.2. The van der Waals surface area contributed by atoms with Crippen LogP contribution in [0.2, 0.25) is 0 Å². The number of nitrogens with one attached hydrogen (secondary N) is 1. The van der Waals surface area contributed by atoms with E-state index < -0.39 is 16.8 Å². The highest BCUT2D eigenvalue weighted by atomic mass is 32.2. The average molecular weight is 246 g/mol. The molecule has 0 bridgehead atoms. The molecule has 6 heteroatoms. The number of hydrogen-bond acceptors (Lipinski definition) is 3. The molecular weight excluding hydrogens is 228 g/mol. The molecule has 0 aromatic carbocycles. The van der Waals surface area contributed by atoms with Gasteiger partial charge in [0.1, 0.15) is 6.04 Å². The van der Waals surface area contributed by atoms with Crippen molar-refractivity contribution in [1.82, 2.24) is 10.2 Å². The van der Waals surface area contributed by atoms with Crippen LogP contribution < -0.4 is 5.32 Å². The first-order chi connectivity index (χ1) is 7.41. The van der Waals surface area contributed by atoms with Gasteiger partial charge in [-0.1, -0.05) is 0 Å². The molecule has 3 unspecified atom stereocenters. The van der Waals surface area contributed by atoms with Gasteiger partial charge in [-0.25, -0.2) is 0 Å². The standard InChI is InChI=1S/C10H18N2O3S/c1-7(6-16(3)15)12-5-4-9(13)11-8(2)10(12)14/h7-8H,4-6H2,1-3H3,(H,11,13). The lowest BCUT2D eigenvalue weighted by Crippen LogP contribution is -2.47. The van der Waals surface area contributed by atoms with Gasteiger partial charge >= 0.3 is 0 Å². The van der Waals surface area contributed by atoms with Crippen molar-refractivity contribution in [3.8, 4) is 0 Å². The third-order valence-electron chi connectivity index (χ3n) is 2.62. The van der Waals surface area contributed by atoms with Gasteiger partial charge in [-0.15, -0.1) is 0 Å². The van der Waals surface area contributed by atoms with Gasteiger partial charge < -0.3 is 10.2 Å².